The Hall–Kier alpha value is -0.530. The predicted molar refractivity (Wildman–Crippen MR) is 237 cm³/mol. The van der Waals surface area contributed by atoms with E-state index in [1.807, 2.05) is 0 Å². The number of piperidine rings is 1. The molecule has 314 valence electrons. The van der Waals surface area contributed by atoms with Crippen LogP contribution in [0.2, 0.25) is 0 Å². The van der Waals surface area contributed by atoms with E-state index in [1.165, 1.54) is 154 Å². The summed E-state index contributed by atoms with van der Waals surface area (Å²) in [6, 6.07) is 0. The molecule has 0 aromatic rings. The molecule has 0 unspecified atom stereocenters. The topological polar surface area (TPSA) is 35.2 Å². The minimum atomic E-state index is 0.913. The lowest BCUT2D eigenvalue weighted by atomic mass is 10.1. The maximum Gasteiger partial charge on any atom is 0.0594 e. The normalized spacial score (nSPS) is 24.8. The Labute approximate surface area is 335 Å². The van der Waals surface area contributed by atoms with Crippen LogP contribution >= 0.6 is 11.8 Å². The predicted octanol–water partition coefficient (Wildman–Crippen LogP) is 5.61. The number of rotatable bonds is 0. The summed E-state index contributed by atoms with van der Waals surface area (Å²) < 4.78 is 5.10. The van der Waals surface area contributed by atoms with Crippen molar-refractivity contribution in [3.05, 3.63) is 24.3 Å². The Morgan fingerprint density at radius 3 is 0.887 bits per heavy atom. The van der Waals surface area contributed by atoms with Crippen molar-refractivity contribution in [3.63, 3.8) is 0 Å². The molecule has 10 heteroatoms. The van der Waals surface area contributed by atoms with E-state index >= 15 is 0 Å². The van der Waals surface area contributed by atoms with Gasteiger partial charge in [0, 0.05) is 63.9 Å². The van der Waals surface area contributed by atoms with E-state index in [1.54, 1.807) is 0 Å². The van der Waals surface area contributed by atoms with Gasteiger partial charge < -0.3 is 39.0 Å². The average molecular weight is 767 g/mol. The Morgan fingerprint density at radius 1 is 0.321 bits per heavy atom. The fourth-order valence-corrected chi connectivity index (χ4v) is 7.37. The lowest BCUT2D eigenvalue weighted by Gasteiger charge is -2.24. The summed E-state index contributed by atoms with van der Waals surface area (Å²) in [5.74, 6) is 2.66. The molecule has 0 aromatic carbocycles. The van der Waals surface area contributed by atoms with Gasteiger partial charge in [0.1, 0.15) is 0 Å². The van der Waals surface area contributed by atoms with Gasteiger partial charge in [0.05, 0.1) is 13.2 Å². The van der Waals surface area contributed by atoms with E-state index < -0.39 is 0 Å². The van der Waals surface area contributed by atoms with Gasteiger partial charge in [0.2, 0.25) is 0 Å². The smallest absolute Gasteiger partial charge is 0.0594 e. The first kappa shape index (κ1) is 50.5. The second kappa shape index (κ2) is 35.9. The third-order valence-corrected chi connectivity index (χ3v) is 11.5. The highest BCUT2D eigenvalue weighted by Gasteiger charge is 2.06. The van der Waals surface area contributed by atoms with Crippen molar-refractivity contribution in [1.29, 1.82) is 0 Å². The number of likely N-dealkylation sites (tertiary alicyclic amines) is 4. The van der Waals surface area contributed by atoms with Crippen molar-refractivity contribution < 1.29 is 4.74 Å². The molecule has 53 heavy (non-hydrogen) atoms. The summed E-state index contributed by atoms with van der Waals surface area (Å²) in [4.78, 5) is 18.7. The molecule has 0 N–H and O–H groups in total. The quantitative estimate of drug-likeness (QED) is 0.291. The van der Waals surface area contributed by atoms with Crippen molar-refractivity contribution in [2.24, 2.45) is 0 Å². The van der Waals surface area contributed by atoms with Crippen LogP contribution in [0.25, 0.3) is 0 Å². The number of morpholine rings is 1. The second-order valence-corrected chi connectivity index (χ2v) is 17.5. The standard InChI is InChI=1S/C7H15N.C6H13N.C6H11N.C5H11NO.C5H11NS.C5H11N.C5H9N.C4H9N/c1-8-6-4-2-3-5-7-8;2*1-7-5-3-2-4-6-7;2*1-6-2-4-7-5-3-6;2*1-6-4-2-3-5-6;1-5-3-2-4-5/h2-7H2,1H3;2-6H2,1H3;2-3H,4-6H2,1H3;2*2-5H2,1H3;2-5H2,1H3;2-3H,4-5H2,1H3;2-4H2,1H3. The van der Waals surface area contributed by atoms with Gasteiger partial charge in [0.25, 0.3) is 0 Å². The maximum absolute atomic E-state index is 5.10. The fourth-order valence-electron chi connectivity index (χ4n) is 6.28. The summed E-state index contributed by atoms with van der Waals surface area (Å²) in [6.45, 7) is 21.8. The first-order chi connectivity index (χ1) is 25.7. The van der Waals surface area contributed by atoms with Gasteiger partial charge in [-0.3, -0.25) is 4.90 Å². The number of likely N-dealkylation sites (N-methyl/N-ethyl adjacent to an activating group) is 3. The minimum Gasteiger partial charge on any atom is -0.379 e. The first-order valence-electron chi connectivity index (χ1n) is 21.6. The monoisotopic (exact) mass is 767 g/mol. The van der Waals surface area contributed by atoms with Gasteiger partial charge in [-0.05, 0) is 160 Å². The van der Waals surface area contributed by atoms with Gasteiger partial charge in [-0.15, -0.1) is 0 Å². The molecular formula is C43H90N8OS. The maximum atomic E-state index is 5.10. The van der Waals surface area contributed by atoms with E-state index in [4.69, 9.17) is 4.74 Å². The number of thioether (sulfide) groups is 1. The van der Waals surface area contributed by atoms with Crippen LogP contribution in [0.3, 0.4) is 0 Å². The van der Waals surface area contributed by atoms with Crippen molar-refractivity contribution in [2.75, 3.05) is 186 Å². The van der Waals surface area contributed by atoms with E-state index in [9.17, 15) is 0 Å². The molecule has 0 atom stereocenters. The van der Waals surface area contributed by atoms with Crippen LogP contribution in [0, 0.1) is 0 Å². The third kappa shape index (κ3) is 34.4. The molecule has 0 spiro atoms. The molecule has 8 heterocycles. The molecule has 8 rings (SSSR count). The molecule has 8 aliphatic rings. The SMILES string of the molecule is CN1CC=CC1.CN1CC=CCC1.CN1CCC1.CN1CCCC1.CN1CCCCC1.CN1CCCCCC1.CN1CCOCC1.CN1CCSCC1. The van der Waals surface area contributed by atoms with Gasteiger partial charge in [-0.1, -0.05) is 43.6 Å². The largest absolute Gasteiger partial charge is 0.379 e. The van der Waals surface area contributed by atoms with Gasteiger partial charge in [-0.2, -0.15) is 11.8 Å². The molecule has 0 aromatic heterocycles. The van der Waals surface area contributed by atoms with Crippen LogP contribution in [-0.4, -0.2) is 225 Å². The highest BCUT2D eigenvalue weighted by atomic mass is 32.2. The Morgan fingerprint density at radius 2 is 0.660 bits per heavy atom. The van der Waals surface area contributed by atoms with Crippen LogP contribution in [-0.2, 0) is 4.74 Å². The van der Waals surface area contributed by atoms with E-state index in [0.717, 1.165) is 45.9 Å². The van der Waals surface area contributed by atoms with Crippen molar-refractivity contribution in [3.8, 4) is 0 Å². The van der Waals surface area contributed by atoms with Gasteiger partial charge in [-0.25, -0.2) is 0 Å². The zero-order valence-corrected chi connectivity index (χ0v) is 37.4. The van der Waals surface area contributed by atoms with Crippen molar-refractivity contribution in [2.45, 2.75) is 70.6 Å². The number of nitrogens with zero attached hydrogens (tertiary/aromatic N) is 8. The van der Waals surface area contributed by atoms with Crippen LogP contribution in [0.1, 0.15) is 70.6 Å². The lowest BCUT2D eigenvalue weighted by molar-refractivity contribution is 0.0503. The van der Waals surface area contributed by atoms with E-state index in [-0.39, 0.29) is 0 Å². The summed E-state index contributed by atoms with van der Waals surface area (Å²) in [7, 11) is 17.3. The highest BCUT2D eigenvalue weighted by Crippen LogP contribution is 2.07. The second-order valence-electron chi connectivity index (χ2n) is 16.3. The molecule has 0 aliphatic carbocycles. The molecular weight excluding hydrogens is 677 g/mol. The van der Waals surface area contributed by atoms with Crippen molar-refractivity contribution in [1.82, 2.24) is 39.2 Å². The number of hydrogen-bond acceptors (Lipinski definition) is 10. The zero-order chi connectivity index (χ0) is 38.8. The Kier molecular flexibility index (Phi) is 34.2. The van der Waals surface area contributed by atoms with Crippen LogP contribution in [0.5, 0.6) is 0 Å². The van der Waals surface area contributed by atoms with E-state index in [0.29, 0.717) is 0 Å². The molecule has 0 amide bonds. The highest BCUT2D eigenvalue weighted by molar-refractivity contribution is 7.99. The molecule has 6 fully saturated rings. The number of ether oxygens (including phenoxy) is 1. The zero-order valence-electron chi connectivity index (χ0n) is 36.6. The first-order valence-corrected chi connectivity index (χ1v) is 22.7. The van der Waals surface area contributed by atoms with Crippen LogP contribution in [0.15, 0.2) is 24.3 Å². The van der Waals surface area contributed by atoms with Gasteiger partial charge >= 0.3 is 0 Å². The minimum absolute atomic E-state index is 0.913. The van der Waals surface area contributed by atoms with Crippen LogP contribution < -0.4 is 0 Å². The Bertz CT molecular complexity index is 769. The van der Waals surface area contributed by atoms with Crippen LogP contribution in [0.4, 0.5) is 0 Å². The molecule has 0 bridgehead atoms. The third-order valence-electron chi connectivity index (χ3n) is 10.6. The summed E-state index contributed by atoms with van der Waals surface area (Å²) in [5.41, 5.74) is 0. The number of hydrogen-bond donors (Lipinski definition) is 0. The van der Waals surface area contributed by atoms with Gasteiger partial charge in [0.15, 0.2) is 0 Å². The molecule has 8 aliphatic heterocycles. The summed E-state index contributed by atoms with van der Waals surface area (Å²) in [5, 5.41) is 0. The lowest BCUT2D eigenvalue weighted by Crippen LogP contribution is -2.32. The van der Waals surface area contributed by atoms with E-state index in [2.05, 4.69) is 132 Å². The fraction of sp³-hybridized carbons (Fsp3) is 0.907. The molecule has 0 saturated carbocycles. The summed E-state index contributed by atoms with van der Waals surface area (Å²) >= 11 is 2.06. The Balaban J connectivity index is 0.000000304. The molecule has 9 nitrogen and oxygen atoms in total. The summed E-state index contributed by atoms with van der Waals surface area (Å²) in [6.07, 6.45) is 24.3. The molecule has 0 radical (unpaired) electrons. The molecule has 6 saturated heterocycles. The van der Waals surface area contributed by atoms with Crippen molar-refractivity contribution >= 4 is 11.8 Å². The average Bonchev–Trinajstić information content (AvgIpc) is 3.79.